The largest absolute Gasteiger partial charge is 0.309 e. The van der Waals surface area contributed by atoms with Crippen LogP contribution in [-0.2, 0) is 0 Å². The first-order valence-corrected chi connectivity index (χ1v) is 25.9. The molecule has 13 aromatic rings. The van der Waals surface area contributed by atoms with E-state index in [0.29, 0.717) is 23.0 Å². The normalized spacial score (nSPS) is 11.5. The fraction of sp³-hybridized carbons (Fsp3) is 0.0857. The molecule has 6 nitrogen and oxygen atoms in total. The fourth-order valence-electron chi connectivity index (χ4n) is 12.1. The minimum atomic E-state index is 0.545. The first-order chi connectivity index (χ1) is 37.1. The van der Waals surface area contributed by atoms with Gasteiger partial charge in [0.25, 0.3) is 0 Å². The van der Waals surface area contributed by atoms with E-state index < -0.39 is 0 Å². The summed E-state index contributed by atoms with van der Waals surface area (Å²) in [5.41, 5.74) is 23.1. The van der Waals surface area contributed by atoms with Crippen LogP contribution in [0.15, 0.2) is 206 Å². The zero-order valence-electron chi connectivity index (χ0n) is 43.3. The number of benzene rings is 10. The van der Waals surface area contributed by atoms with Gasteiger partial charge in [0, 0.05) is 49.4 Å². The van der Waals surface area contributed by atoms with E-state index in [1.165, 1.54) is 55.6 Å². The lowest BCUT2D eigenvalue weighted by atomic mass is 9.93. The zero-order chi connectivity index (χ0) is 51.8. The predicted molar refractivity (Wildman–Crippen MR) is 314 cm³/mol. The Balaban J connectivity index is 1.07. The average Bonchev–Trinajstić information content (AvgIpc) is 4.01. The van der Waals surface area contributed by atoms with Crippen LogP contribution in [0.1, 0.15) is 38.9 Å². The van der Waals surface area contributed by atoms with Crippen molar-refractivity contribution >= 4 is 43.6 Å². The van der Waals surface area contributed by atoms with Gasteiger partial charge < -0.3 is 9.13 Å². The second-order valence-corrected chi connectivity index (χ2v) is 20.3. The lowest BCUT2D eigenvalue weighted by Crippen LogP contribution is -2.04. The number of nitrogens with zero attached hydrogens (tertiary/aromatic N) is 6. The molecule has 10 aromatic carbocycles. The smallest absolute Gasteiger partial charge is 0.164 e. The van der Waals surface area contributed by atoms with Gasteiger partial charge in [0.2, 0.25) is 0 Å². The molecule has 6 heteroatoms. The molecule has 0 aliphatic rings. The minimum absolute atomic E-state index is 0.545. The predicted octanol–water partition coefficient (Wildman–Crippen LogP) is 17.8. The Hall–Kier alpha value is -9.70. The topological polar surface area (TPSA) is 72.3 Å². The molecule has 0 unspecified atom stereocenters. The van der Waals surface area contributed by atoms with Crippen LogP contribution in [0.2, 0.25) is 0 Å². The van der Waals surface area contributed by atoms with Crippen molar-refractivity contribution in [3.8, 4) is 85.0 Å². The van der Waals surface area contributed by atoms with Crippen LogP contribution in [0.25, 0.3) is 123 Å². The van der Waals surface area contributed by atoms with Crippen molar-refractivity contribution in [2.24, 2.45) is 0 Å². The number of hydrogen-bond acceptors (Lipinski definition) is 4. The molecule has 0 atom stereocenters. The number of para-hydroxylation sites is 2. The quantitative estimate of drug-likeness (QED) is 0.152. The Bertz CT molecular complexity index is 4430. The molecule has 76 heavy (non-hydrogen) atoms. The van der Waals surface area contributed by atoms with Gasteiger partial charge >= 0.3 is 0 Å². The van der Waals surface area contributed by atoms with Gasteiger partial charge in [-0.25, -0.2) is 15.0 Å². The molecule has 0 aliphatic heterocycles. The van der Waals surface area contributed by atoms with Crippen molar-refractivity contribution in [3.63, 3.8) is 0 Å². The maximum absolute atomic E-state index is 11.7. The van der Waals surface area contributed by atoms with E-state index in [1.807, 2.05) is 60.7 Å². The van der Waals surface area contributed by atoms with E-state index in [0.717, 1.165) is 82.8 Å². The number of aromatic nitrogens is 5. The van der Waals surface area contributed by atoms with Gasteiger partial charge in [-0.05, 0) is 135 Å². The number of aryl methyl sites for hydroxylation is 6. The summed E-state index contributed by atoms with van der Waals surface area (Å²) in [5, 5.41) is 16.2. The molecule has 13 rings (SSSR count). The van der Waals surface area contributed by atoms with Gasteiger partial charge in [0.15, 0.2) is 17.5 Å². The number of rotatable bonds is 8. The zero-order valence-corrected chi connectivity index (χ0v) is 43.3. The van der Waals surface area contributed by atoms with Gasteiger partial charge in [0.05, 0.1) is 39.0 Å². The van der Waals surface area contributed by atoms with Crippen LogP contribution >= 0.6 is 0 Å². The van der Waals surface area contributed by atoms with Gasteiger partial charge in [-0.15, -0.1) is 0 Å². The molecule has 0 spiro atoms. The first kappa shape index (κ1) is 46.1. The van der Waals surface area contributed by atoms with Crippen molar-refractivity contribution in [2.75, 3.05) is 0 Å². The fourth-order valence-corrected chi connectivity index (χ4v) is 12.1. The van der Waals surface area contributed by atoms with Crippen LogP contribution in [0.4, 0.5) is 0 Å². The summed E-state index contributed by atoms with van der Waals surface area (Å²) >= 11 is 0. The van der Waals surface area contributed by atoms with Crippen LogP contribution < -0.4 is 0 Å². The minimum Gasteiger partial charge on any atom is -0.309 e. The number of fused-ring (bicyclic) bond motifs is 6. The highest BCUT2D eigenvalue weighted by molar-refractivity contribution is 6.12. The molecule has 0 bridgehead atoms. The molecule has 0 saturated heterocycles. The third-order valence-corrected chi connectivity index (χ3v) is 15.2. The molecule has 0 saturated carbocycles. The van der Waals surface area contributed by atoms with E-state index in [2.05, 4.69) is 202 Å². The lowest BCUT2D eigenvalue weighted by Gasteiger charge is -2.19. The van der Waals surface area contributed by atoms with E-state index in [-0.39, 0.29) is 0 Å². The SMILES string of the molecule is Cc1cc(C)c(-c2ccc3c(c2)c2ccccc2n3-c2cc(-c3nc(-c4ccccc4)nc(-c4ccccc4)n3)ccc2-c2cccc(-n3c4ccccc4c4cc(-c5c(C)cc(C)cc5C)ccc43)c2C#N)c(C)c1. The molecule has 3 heterocycles. The van der Waals surface area contributed by atoms with E-state index in [4.69, 9.17) is 15.0 Å². The Kier molecular flexibility index (Phi) is 11.1. The van der Waals surface area contributed by atoms with Gasteiger partial charge in [-0.3, -0.25) is 0 Å². The Labute approximate surface area is 442 Å². The van der Waals surface area contributed by atoms with E-state index in [9.17, 15) is 5.26 Å². The van der Waals surface area contributed by atoms with Crippen molar-refractivity contribution < 1.29 is 0 Å². The molecular weight excluding hydrogens is 925 g/mol. The summed E-state index contributed by atoms with van der Waals surface area (Å²) in [6, 6.07) is 75.6. The highest BCUT2D eigenvalue weighted by Gasteiger charge is 2.24. The van der Waals surface area contributed by atoms with Crippen molar-refractivity contribution in [1.29, 1.82) is 5.26 Å². The molecular formula is C70H52N6. The Morgan fingerprint density at radius 1 is 0.329 bits per heavy atom. The molecule has 0 aliphatic carbocycles. The summed E-state index contributed by atoms with van der Waals surface area (Å²) in [6.07, 6.45) is 0. The first-order valence-electron chi connectivity index (χ1n) is 25.9. The van der Waals surface area contributed by atoms with Crippen molar-refractivity contribution in [3.05, 3.63) is 245 Å². The summed E-state index contributed by atoms with van der Waals surface area (Å²) in [5.74, 6) is 1.72. The van der Waals surface area contributed by atoms with Crippen LogP contribution in [0.5, 0.6) is 0 Å². The molecule has 0 radical (unpaired) electrons. The molecule has 3 aromatic heterocycles. The Morgan fingerprint density at radius 2 is 0.750 bits per heavy atom. The van der Waals surface area contributed by atoms with Crippen LogP contribution in [0.3, 0.4) is 0 Å². The monoisotopic (exact) mass is 976 g/mol. The standard InChI is InChI=1S/C70H52N6/c1-42-34-44(3)66(45(4)35-42)50-29-32-63-57(38-50)54-22-13-15-25-60(54)75(63)62-27-17-24-53(59(62)41-71)56-31-28-52(70-73-68(48-18-9-7-10-19-48)72-69(74-70)49-20-11-8-12-21-49)40-65(56)76-61-26-16-14-23-55(61)58-39-51(30-33-64(58)76)67-46(5)36-43(2)37-47(67)6/h7-40H,1-6H3. The molecule has 0 amide bonds. The van der Waals surface area contributed by atoms with Crippen LogP contribution in [0, 0.1) is 52.9 Å². The van der Waals surface area contributed by atoms with Crippen molar-refractivity contribution in [1.82, 2.24) is 24.1 Å². The molecule has 0 fully saturated rings. The third-order valence-electron chi connectivity index (χ3n) is 15.2. The van der Waals surface area contributed by atoms with Gasteiger partial charge in [-0.2, -0.15) is 5.26 Å². The lowest BCUT2D eigenvalue weighted by molar-refractivity contribution is 1.07. The highest BCUT2D eigenvalue weighted by atomic mass is 15.0. The second-order valence-electron chi connectivity index (χ2n) is 20.3. The van der Waals surface area contributed by atoms with Gasteiger partial charge in [0.1, 0.15) is 6.07 Å². The Morgan fingerprint density at radius 3 is 1.24 bits per heavy atom. The number of hydrogen-bond donors (Lipinski definition) is 0. The highest BCUT2D eigenvalue weighted by Crippen LogP contribution is 2.44. The molecule has 362 valence electrons. The van der Waals surface area contributed by atoms with Crippen molar-refractivity contribution in [2.45, 2.75) is 41.5 Å². The summed E-state index contributed by atoms with van der Waals surface area (Å²) in [7, 11) is 0. The second kappa shape index (κ2) is 18.3. The van der Waals surface area contributed by atoms with Gasteiger partial charge in [-0.1, -0.05) is 169 Å². The summed E-state index contributed by atoms with van der Waals surface area (Å²) < 4.78 is 4.64. The maximum atomic E-state index is 11.7. The number of nitriles is 1. The summed E-state index contributed by atoms with van der Waals surface area (Å²) in [4.78, 5) is 15.4. The molecule has 0 N–H and O–H groups in total. The average molecular weight is 977 g/mol. The van der Waals surface area contributed by atoms with E-state index >= 15 is 0 Å². The van der Waals surface area contributed by atoms with Crippen LogP contribution in [-0.4, -0.2) is 24.1 Å². The maximum Gasteiger partial charge on any atom is 0.164 e. The summed E-state index contributed by atoms with van der Waals surface area (Å²) in [6.45, 7) is 13.1. The third kappa shape index (κ3) is 7.67. The van der Waals surface area contributed by atoms with E-state index in [1.54, 1.807) is 0 Å².